The minimum absolute atomic E-state index is 0.130. The fourth-order valence-electron chi connectivity index (χ4n) is 3.62. The van der Waals surface area contributed by atoms with Crippen LogP contribution >= 0.6 is 0 Å². The third-order valence-electron chi connectivity index (χ3n) is 5.58. The monoisotopic (exact) mass is 398 g/mol. The lowest BCUT2D eigenvalue weighted by molar-refractivity contribution is -0.144. The van der Waals surface area contributed by atoms with Gasteiger partial charge in [-0.05, 0) is 25.2 Å². The summed E-state index contributed by atoms with van der Waals surface area (Å²) < 4.78 is 5.19. The van der Waals surface area contributed by atoms with Gasteiger partial charge in [-0.2, -0.15) is 0 Å². The Balaban J connectivity index is 3.27. The number of carboxylic acids is 1. The van der Waals surface area contributed by atoms with Crippen molar-refractivity contribution in [2.75, 3.05) is 6.61 Å². The molecule has 1 atom stereocenters. The second kappa shape index (κ2) is 20.7. The van der Waals surface area contributed by atoms with Crippen LogP contribution in [0.1, 0.15) is 129 Å². The van der Waals surface area contributed by atoms with Crippen LogP contribution in [0.25, 0.3) is 0 Å². The Hall–Kier alpha value is -1.06. The predicted molar refractivity (Wildman–Crippen MR) is 117 cm³/mol. The highest BCUT2D eigenvalue weighted by molar-refractivity contribution is 5.69. The minimum atomic E-state index is -0.805. The summed E-state index contributed by atoms with van der Waals surface area (Å²) in [7, 11) is 0. The van der Waals surface area contributed by atoms with Gasteiger partial charge in [0.1, 0.15) is 0 Å². The van der Waals surface area contributed by atoms with Crippen LogP contribution in [0.4, 0.5) is 0 Å². The predicted octanol–water partition coefficient (Wildman–Crippen LogP) is 7.29. The molecule has 0 aliphatic rings. The molecule has 0 aliphatic heterocycles. The molecular formula is C24H46O4. The van der Waals surface area contributed by atoms with Crippen LogP contribution in [0.2, 0.25) is 0 Å². The molecule has 0 saturated carbocycles. The van der Waals surface area contributed by atoms with E-state index < -0.39 is 5.97 Å². The second-order valence-corrected chi connectivity index (χ2v) is 8.21. The summed E-state index contributed by atoms with van der Waals surface area (Å²) in [5.74, 6) is -0.0369. The molecule has 28 heavy (non-hydrogen) atoms. The highest BCUT2D eigenvalue weighted by Crippen LogP contribution is 2.20. The van der Waals surface area contributed by atoms with Crippen molar-refractivity contribution in [1.82, 2.24) is 0 Å². The maximum absolute atomic E-state index is 11.5. The molecule has 1 N–H and O–H groups in total. The van der Waals surface area contributed by atoms with Crippen LogP contribution < -0.4 is 0 Å². The van der Waals surface area contributed by atoms with E-state index >= 15 is 0 Å². The number of carbonyl (C=O) groups is 2. The molecule has 0 amide bonds. The molecule has 1 unspecified atom stereocenters. The lowest BCUT2D eigenvalue weighted by Crippen LogP contribution is -2.06. The van der Waals surface area contributed by atoms with E-state index in [0.29, 0.717) is 25.9 Å². The molecule has 0 bridgehead atoms. The van der Waals surface area contributed by atoms with E-state index in [9.17, 15) is 9.59 Å². The van der Waals surface area contributed by atoms with E-state index in [1.165, 1.54) is 77.0 Å². The fourth-order valence-corrected chi connectivity index (χ4v) is 3.62. The minimum Gasteiger partial charge on any atom is -0.481 e. The van der Waals surface area contributed by atoms with Crippen molar-refractivity contribution in [2.24, 2.45) is 5.92 Å². The van der Waals surface area contributed by atoms with Crippen molar-refractivity contribution in [2.45, 2.75) is 129 Å². The maximum atomic E-state index is 11.5. The van der Waals surface area contributed by atoms with Crippen LogP contribution in [-0.2, 0) is 14.3 Å². The Labute approximate surface area is 173 Å². The molecular weight excluding hydrogens is 352 g/mol. The summed E-state index contributed by atoms with van der Waals surface area (Å²) in [6.07, 6.45) is 20.0. The average Bonchev–Trinajstić information content (AvgIpc) is 2.68. The molecule has 0 heterocycles. The van der Waals surface area contributed by atoms with Gasteiger partial charge in [-0.25, -0.2) is 0 Å². The number of rotatable bonds is 21. The Morgan fingerprint density at radius 1 is 0.714 bits per heavy atom. The number of hydrogen-bond donors (Lipinski definition) is 1. The normalized spacial score (nSPS) is 12.1. The summed E-state index contributed by atoms with van der Waals surface area (Å²) >= 11 is 0. The Bertz CT molecular complexity index is 368. The van der Waals surface area contributed by atoms with E-state index in [2.05, 4.69) is 13.8 Å². The smallest absolute Gasteiger partial charge is 0.305 e. The summed E-state index contributed by atoms with van der Waals surface area (Å²) in [6, 6.07) is 0. The Morgan fingerprint density at radius 3 is 1.82 bits per heavy atom. The van der Waals surface area contributed by atoms with Gasteiger partial charge in [0.15, 0.2) is 0 Å². The zero-order valence-corrected chi connectivity index (χ0v) is 18.7. The van der Waals surface area contributed by atoms with Gasteiger partial charge < -0.3 is 9.84 Å². The van der Waals surface area contributed by atoms with Gasteiger partial charge in [0.2, 0.25) is 0 Å². The first kappa shape index (κ1) is 26.9. The molecule has 0 saturated heterocycles. The molecule has 166 valence electrons. The first-order valence-corrected chi connectivity index (χ1v) is 12.0. The topological polar surface area (TPSA) is 63.6 Å². The highest BCUT2D eigenvalue weighted by Gasteiger charge is 2.05. The SMILES string of the molecule is CCCCC(CC)CCCCCCCCCCCOC(=O)CCCCC(=O)O. The van der Waals surface area contributed by atoms with E-state index in [4.69, 9.17) is 9.84 Å². The van der Waals surface area contributed by atoms with Crippen molar-refractivity contribution in [3.8, 4) is 0 Å². The van der Waals surface area contributed by atoms with Gasteiger partial charge in [-0.1, -0.05) is 97.3 Å². The molecule has 0 aromatic rings. The van der Waals surface area contributed by atoms with Gasteiger partial charge in [0, 0.05) is 12.8 Å². The third-order valence-corrected chi connectivity index (χ3v) is 5.58. The van der Waals surface area contributed by atoms with E-state index in [1.807, 2.05) is 0 Å². The molecule has 0 aliphatic carbocycles. The molecule has 0 aromatic heterocycles. The standard InChI is InChI=1S/C24H46O4/c1-3-5-17-22(4-2)18-13-11-9-7-6-8-10-12-16-21-28-24(27)20-15-14-19-23(25)26/h22H,3-21H2,1-2H3,(H,25,26). The zero-order chi connectivity index (χ0) is 20.9. The van der Waals surface area contributed by atoms with Crippen LogP contribution in [0.5, 0.6) is 0 Å². The molecule has 0 radical (unpaired) electrons. The second-order valence-electron chi connectivity index (χ2n) is 8.21. The first-order valence-electron chi connectivity index (χ1n) is 12.0. The number of esters is 1. The highest BCUT2D eigenvalue weighted by atomic mass is 16.5. The van der Waals surface area contributed by atoms with Gasteiger partial charge in [0.25, 0.3) is 0 Å². The fraction of sp³-hybridized carbons (Fsp3) is 0.917. The molecule has 4 nitrogen and oxygen atoms in total. The number of unbranched alkanes of at least 4 members (excludes halogenated alkanes) is 10. The van der Waals surface area contributed by atoms with Crippen LogP contribution in [0.3, 0.4) is 0 Å². The quantitative estimate of drug-likeness (QED) is 0.163. The lowest BCUT2D eigenvalue weighted by atomic mass is 9.93. The van der Waals surface area contributed by atoms with Gasteiger partial charge >= 0.3 is 11.9 Å². The van der Waals surface area contributed by atoms with E-state index in [1.54, 1.807) is 0 Å². The summed E-state index contributed by atoms with van der Waals surface area (Å²) in [6.45, 7) is 5.13. The van der Waals surface area contributed by atoms with Gasteiger partial charge in [-0.3, -0.25) is 9.59 Å². The summed E-state index contributed by atoms with van der Waals surface area (Å²) in [4.78, 5) is 21.9. The van der Waals surface area contributed by atoms with Crippen molar-refractivity contribution < 1.29 is 19.4 Å². The Morgan fingerprint density at radius 2 is 1.25 bits per heavy atom. The molecule has 0 fully saturated rings. The number of aliphatic carboxylic acids is 1. The maximum Gasteiger partial charge on any atom is 0.305 e. The summed E-state index contributed by atoms with van der Waals surface area (Å²) in [5, 5.41) is 8.53. The van der Waals surface area contributed by atoms with Crippen molar-refractivity contribution in [3.05, 3.63) is 0 Å². The van der Waals surface area contributed by atoms with Crippen molar-refractivity contribution in [3.63, 3.8) is 0 Å². The summed E-state index contributed by atoms with van der Waals surface area (Å²) in [5.41, 5.74) is 0. The number of ether oxygens (including phenoxy) is 1. The first-order chi connectivity index (χ1) is 13.6. The lowest BCUT2D eigenvalue weighted by Gasteiger charge is -2.13. The third kappa shape index (κ3) is 19.7. The van der Waals surface area contributed by atoms with E-state index in [0.717, 1.165) is 18.8 Å². The number of hydrogen-bond acceptors (Lipinski definition) is 3. The molecule has 0 spiro atoms. The van der Waals surface area contributed by atoms with Crippen molar-refractivity contribution in [1.29, 1.82) is 0 Å². The van der Waals surface area contributed by atoms with Crippen LogP contribution in [0, 0.1) is 5.92 Å². The largest absolute Gasteiger partial charge is 0.481 e. The average molecular weight is 399 g/mol. The molecule has 4 heteroatoms. The van der Waals surface area contributed by atoms with Crippen LogP contribution in [0.15, 0.2) is 0 Å². The van der Waals surface area contributed by atoms with Crippen molar-refractivity contribution >= 4 is 11.9 Å². The number of carbonyl (C=O) groups excluding carboxylic acids is 1. The number of carboxylic acid groups (broad SMARTS) is 1. The van der Waals surface area contributed by atoms with Gasteiger partial charge in [-0.15, -0.1) is 0 Å². The Kier molecular flexibility index (Phi) is 19.9. The molecule has 0 rings (SSSR count). The zero-order valence-electron chi connectivity index (χ0n) is 18.7. The van der Waals surface area contributed by atoms with Gasteiger partial charge in [0.05, 0.1) is 6.61 Å². The van der Waals surface area contributed by atoms with Crippen LogP contribution in [-0.4, -0.2) is 23.7 Å². The van der Waals surface area contributed by atoms with E-state index in [-0.39, 0.29) is 12.4 Å². The molecule has 0 aromatic carbocycles.